The minimum atomic E-state index is -0.188. The van der Waals surface area contributed by atoms with Crippen molar-refractivity contribution in [3.05, 3.63) is 56.2 Å². The molecule has 0 atom stereocenters. The SMILES string of the molecule is Cc1ccc(/C=N\NC(=O)c2cccs2)cc1Br. The molecule has 0 saturated carbocycles. The predicted octanol–water partition coefficient (Wildman–Crippen LogP) is 3.58. The molecule has 0 unspecified atom stereocenters. The lowest BCUT2D eigenvalue weighted by molar-refractivity contribution is 0.0959. The molecule has 0 aliphatic carbocycles. The molecule has 0 bridgehead atoms. The molecule has 1 N–H and O–H groups in total. The van der Waals surface area contributed by atoms with E-state index in [9.17, 15) is 4.79 Å². The molecule has 2 rings (SSSR count). The highest BCUT2D eigenvalue weighted by Gasteiger charge is 2.03. The van der Waals surface area contributed by atoms with Gasteiger partial charge < -0.3 is 0 Å². The second kappa shape index (κ2) is 5.93. The zero-order valence-corrected chi connectivity index (χ0v) is 12.1. The van der Waals surface area contributed by atoms with E-state index >= 15 is 0 Å². The molecule has 0 saturated heterocycles. The number of thiophene rings is 1. The normalized spacial score (nSPS) is 10.8. The summed E-state index contributed by atoms with van der Waals surface area (Å²) in [6.07, 6.45) is 1.62. The van der Waals surface area contributed by atoms with Gasteiger partial charge in [0.15, 0.2) is 0 Å². The van der Waals surface area contributed by atoms with E-state index in [0.29, 0.717) is 4.88 Å². The van der Waals surface area contributed by atoms with Gasteiger partial charge in [-0.3, -0.25) is 4.79 Å². The molecular formula is C13H11BrN2OS. The largest absolute Gasteiger partial charge is 0.281 e. The van der Waals surface area contributed by atoms with Crippen LogP contribution in [0.3, 0.4) is 0 Å². The van der Waals surface area contributed by atoms with Crippen LogP contribution in [-0.2, 0) is 0 Å². The van der Waals surface area contributed by atoms with Crippen LogP contribution >= 0.6 is 27.3 Å². The molecule has 18 heavy (non-hydrogen) atoms. The first kappa shape index (κ1) is 13.0. The Bertz CT molecular complexity index is 579. The molecule has 1 aromatic carbocycles. The van der Waals surface area contributed by atoms with Gasteiger partial charge in [0.2, 0.25) is 0 Å². The fourth-order valence-electron chi connectivity index (χ4n) is 1.32. The second-order valence-corrected chi connectivity index (χ2v) is 5.49. The highest BCUT2D eigenvalue weighted by atomic mass is 79.9. The van der Waals surface area contributed by atoms with Gasteiger partial charge in [0.05, 0.1) is 11.1 Å². The van der Waals surface area contributed by atoms with Gasteiger partial charge in [-0.25, -0.2) is 5.43 Å². The molecule has 3 nitrogen and oxygen atoms in total. The molecule has 0 spiro atoms. The predicted molar refractivity (Wildman–Crippen MR) is 78.3 cm³/mol. The number of carbonyl (C=O) groups excluding carboxylic acids is 1. The Morgan fingerprint density at radius 1 is 1.44 bits per heavy atom. The van der Waals surface area contributed by atoms with Gasteiger partial charge in [0.1, 0.15) is 0 Å². The number of aryl methyl sites for hydroxylation is 1. The van der Waals surface area contributed by atoms with Crippen molar-refractivity contribution in [2.45, 2.75) is 6.92 Å². The second-order valence-electron chi connectivity index (χ2n) is 3.69. The Morgan fingerprint density at radius 3 is 2.94 bits per heavy atom. The third-order valence-corrected chi connectivity index (χ3v) is 4.04. The van der Waals surface area contributed by atoms with Crippen LogP contribution in [0.4, 0.5) is 0 Å². The van der Waals surface area contributed by atoms with Crippen LogP contribution in [0.25, 0.3) is 0 Å². The Balaban J connectivity index is 1.99. The molecular weight excluding hydrogens is 312 g/mol. The van der Waals surface area contributed by atoms with E-state index in [1.165, 1.54) is 11.3 Å². The van der Waals surface area contributed by atoms with Crippen LogP contribution in [0.1, 0.15) is 20.8 Å². The fourth-order valence-corrected chi connectivity index (χ4v) is 2.33. The summed E-state index contributed by atoms with van der Waals surface area (Å²) in [5.41, 5.74) is 4.58. The zero-order chi connectivity index (χ0) is 13.0. The molecule has 5 heteroatoms. The van der Waals surface area contributed by atoms with Gasteiger partial charge in [-0.15, -0.1) is 11.3 Å². The van der Waals surface area contributed by atoms with E-state index < -0.39 is 0 Å². The number of rotatable bonds is 3. The van der Waals surface area contributed by atoms with Crippen molar-refractivity contribution in [1.82, 2.24) is 5.43 Å². The summed E-state index contributed by atoms with van der Waals surface area (Å²) in [4.78, 5) is 12.2. The number of halogens is 1. The highest BCUT2D eigenvalue weighted by Crippen LogP contribution is 2.16. The molecule has 2 aromatic rings. The van der Waals surface area contributed by atoms with Gasteiger partial charge in [-0.2, -0.15) is 5.10 Å². The Morgan fingerprint density at radius 2 is 2.28 bits per heavy atom. The number of nitrogens with zero attached hydrogens (tertiary/aromatic N) is 1. The molecule has 92 valence electrons. The summed E-state index contributed by atoms with van der Waals surface area (Å²) in [6, 6.07) is 9.49. The lowest BCUT2D eigenvalue weighted by Crippen LogP contribution is -2.16. The lowest BCUT2D eigenvalue weighted by atomic mass is 10.2. The summed E-state index contributed by atoms with van der Waals surface area (Å²) >= 11 is 4.84. The van der Waals surface area contributed by atoms with E-state index in [0.717, 1.165) is 15.6 Å². The minimum Gasteiger partial charge on any atom is -0.266 e. The van der Waals surface area contributed by atoms with Crippen molar-refractivity contribution in [2.75, 3.05) is 0 Å². The van der Waals surface area contributed by atoms with Crippen LogP contribution in [0.2, 0.25) is 0 Å². The summed E-state index contributed by atoms with van der Waals surface area (Å²) < 4.78 is 1.02. The summed E-state index contributed by atoms with van der Waals surface area (Å²) in [6.45, 7) is 2.02. The molecule has 0 aliphatic rings. The van der Waals surface area contributed by atoms with Crippen molar-refractivity contribution in [1.29, 1.82) is 0 Å². The first-order chi connectivity index (χ1) is 8.66. The Kier molecular flexibility index (Phi) is 4.28. The van der Waals surface area contributed by atoms with Gasteiger partial charge >= 0.3 is 0 Å². The number of nitrogens with one attached hydrogen (secondary N) is 1. The number of hydrogen-bond donors (Lipinski definition) is 1. The van der Waals surface area contributed by atoms with Crippen molar-refractivity contribution < 1.29 is 4.79 Å². The maximum absolute atomic E-state index is 11.6. The average Bonchev–Trinajstić information content (AvgIpc) is 2.87. The molecule has 1 aromatic heterocycles. The van der Waals surface area contributed by atoms with Crippen LogP contribution in [-0.4, -0.2) is 12.1 Å². The number of amides is 1. The summed E-state index contributed by atoms with van der Waals surface area (Å²) in [7, 11) is 0. The van der Waals surface area contributed by atoms with Crippen molar-refractivity contribution >= 4 is 39.4 Å². The fraction of sp³-hybridized carbons (Fsp3) is 0.0769. The van der Waals surface area contributed by atoms with Crippen LogP contribution in [0.5, 0.6) is 0 Å². The maximum Gasteiger partial charge on any atom is 0.281 e. The highest BCUT2D eigenvalue weighted by molar-refractivity contribution is 9.10. The zero-order valence-electron chi connectivity index (χ0n) is 9.68. The molecule has 0 fully saturated rings. The van der Waals surface area contributed by atoms with E-state index in [2.05, 4.69) is 26.5 Å². The minimum absolute atomic E-state index is 0.188. The van der Waals surface area contributed by atoms with Gasteiger partial charge in [-0.1, -0.05) is 34.1 Å². The van der Waals surface area contributed by atoms with Crippen molar-refractivity contribution in [3.63, 3.8) is 0 Å². The molecule has 1 amide bonds. The van der Waals surface area contributed by atoms with Crippen LogP contribution in [0, 0.1) is 6.92 Å². The molecule has 1 heterocycles. The number of hydrogen-bond acceptors (Lipinski definition) is 3. The smallest absolute Gasteiger partial charge is 0.266 e. The van der Waals surface area contributed by atoms with Crippen LogP contribution in [0.15, 0.2) is 45.3 Å². The number of hydrazone groups is 1. The Labute approximate surface area is 118 Å². The van der Waals surface area contributed by atoms with Crippen molar-refractivity contribution in [2.24, 2.45) is 5.10 Å². The standard InChI is InChI=1S/C13H11BrN2OS/c1-9-4-5-10(7-11(9)14)8-15-16-13(17)12-3-2-6-18-12/h2-8H,1H3,(H,16,17)/b15-8-. The van der Waals surface area contributed by atoms with Gasteiger partial charge in [-0.05, 0) is 35.6 Å². The van der Waals surface area contributed by atoms with Crippen LogP contribution < -0.4 is 5.43 Å². The Hall–Kier alpha value is -1.46. The first-order valence-electron chi connectivity index (χ1n) is 5.30. The van der Waals surface area contributed by atoms with E-state index in [1.807, 2.05) is 36.6 Å². The average molecular weight is 323 g/mol. The number of benzene rings is 1. The quantitative estimate of drug-likeness (QED) is 0.681. The van der Waals surface area contributed by atoms with Gasteiger partial charge in [0.25, 0.3) is 5.91 Å². The summed E-state index contributed by atoms with van der Waals surface area (Å²) in [5.74, 6) is -0.188. The van der Waals surface area contributed by atoms with E-state index in [1.54, 1.807) is 12.3 Å². The summed E-state index contributed by atoms with van der Waals surface area (Å²) in [5, 5.41) is 5.79. The lowest BCUT2D eigenvalue weighted by Gasteiger charge is -1.99. The first-order valence-corrected chi connectivity index (χ1v) is 6.97. The molecule has 0 radical (unpaired) electrons. The van der Waals surface area contributed by atoms with Gasteiger partial charge in [0, 0.05) is 4.47 Å². The molecule has 0 aliphatic heterocycles. The van der Waals surface area contributed by atoms with Crippen molar-refractivity contribution in [3.8, 4) is 0 Å². The maximum atomic E-state index is 11.6. The third-order valence-electron chi connectivity index (χ3n) is 2.32. The third kappa shape index (κ3) is 3.27. The van der Waals surface area contributed by atoms with E-state index in [4.69, 9.17) is 0 Å². The number of carbonyl (C=O) groups is 1. The monoisotopic (exact) mass is 322 g/mol. The topological polar surface area (TPSA) is 41.5 Å². The van der Waals surface area contributed by atoms with E-state index in [-0.39, 0.29) is 5.91 Å².